The zero-order chi connectivity index (χ0) is 9.68. The first-order valence-corrected chi connectivity index (χ1v) is 3.52. The first kappa shape index (κ1) is 9.20. The summed E-state index contributed by atoms with van der Waals surface area (Å²) in [7, 11) is 0. The van der Waals surface area contributed by atoms with Crippen molar-refractivity contribution < 1.29 is 13.9 Å². The lowest BCUT2D eigenvalue weighted by Crippen LogP contribution is -1.95. The van der Waals surface area contributed by atoms with Crippen LogP contribution < -0.4 is 4.74 Å². The molecule has 0 aromatic heterocycles. The molecule has 1 aromatic carbocycles. The summed E-state index contributed by atoms with van der Waals surface area (Å²) in [4.78, 5) is 10.3. The highest BCUT2D eigenvalue weighted by atomic mass is 19.1. The van der Waals surface area contributed by atoms with Gasteiger partial charge in [-0.05, 0) is 12.1 Å². The van der Waals surface area contributed by atoms with E-state index in [0.717, 1.165) is 12.1 Å². The maximum absolute atomic E-state index is 12.7. The van der Waals surface area contributed by atoms with Gasteiger partial charge in [-0.3, -0.25) is 4.79 Å². The van der Waals surface area contributed by atoms with Gasteiger partial charge in [-0.15, -0.1) is 0 Å². The van der Waals surface area contributed by atoms with Crippen molar-refractivity contribution >= 4 is 6.29 Å². The number of carbonyl (C=O) groups excluding carboxylic acids is 1. The molecule has 3 nitrogen and oxygen atoms in total. The Morgan fingerprint density at radius 1 is 1.54 bits per heavy atom. The summed E-state index contributed by atoms with van der Waals surface area (Å²) < 4.78 is 17.5. The number of halogens is 1. The quantitative estimate of drug-likeness (QED) is 0.661. The number of ether oxygens (including phenoxy) is 1. The standard InChI is InChI=1S/C9H6FNO2/c10-8-3-7(6-12)4-9(5-8)13-2-1-11/h3-6H,2H2. The van der Waals surface area contributed by atoms with Crippen LogP contribution in [-0.2, 0) is 0 Å². The van der Waals surface area contributed by atoms with Crippen molar-refractivity contribution in [3.63, 3.8) is 0 Å². The molecule has 13 heavy (non-hydrogen) atoms. The van der Waals surface area contributed by atoms with Gasteiger partial charge >= 0.3 is 0 Å². The summed E-state index contributed by atoms with van der Waals surface area (Å²) in [6.45, 7) is -0.165. The predicted octanol–water partition coefficient (Wildman–Crippen LogP) is 1.54. The Morgan fingerprint density at radius 3 is 2.92 bits per heavy atom. The van der Waals surface area contributed by atoms with E-state index in [1.165, 1.54) is 6.07 Å². The molecule has 0 aliphatic rings. The molecule has 0 N–H and O–H groups in total. The zero-order valence-corrected chi connectivity index (χ0v) is 6.66. The SMILES string of the molecule is N#CCOc1cc(F)cc(C=O)c1. The smallest absolute Gasteiger partial charge is 0.174 e. The number of nitriles is 1. The first-order valence-electron chi connectivity index (χ1n) is 3.52. The van der Waals surface area contributed by atoms with Crippen molar-refractivity contribution in [1.82, 2.24) is 0 Å². The summed E-state index contributed by atoms with van der Waals surface area (Å²) in [5.41, 5.74) is 0.188. The molecule has 0 radical (unpaired) electrons. The Bertz CT molecular complexity index is 357. The molecule has 0 unspecified atom stereocenters. The van der Waals surface area contributed by atoms with Gasteiger partial charge in [0, 0.05) is 11.6 Å². The fraction of sp³-hybridized carbons (Fsp3) is 0.111. The first-order chi connectivity index (χ1) is 6.26. The molecule has 0 amide bonds. The lowest BCUT2D eigenvalue weighted by atomic mass is 10.2. The van der Waals surface area contributed by atoms with Crippen LogP contribution in [0.3, 0.4) is 0 Å². The van der Waals surface area contributed by atoms with E-state index in [4.69, 9.17) is 10.00 Å². The number of carbonyl (C=O) groups is 1. The van der Waals surface area contributed by atoms with Gasteiger partial charge in [0.05, 0.1) is 0 Å². The summed E-state index contributed by atoms with van der Waals surface area (Å²) in [6, 6.07) is 5.31. The fourth-order valence-electron chi connectivity index (χ4n) is 0.851. The van der Waals surface area contributed by atoms with Gasteiger partial charge in [0.25, 0.3) is 0 Å². The van der Waals surface area contributed by atoms with Crippen molar-refractivity contribution in [3.8, 4) is 11.8 Å². The summed E-state index contributed by atoms with van der Waals surface area (Å²) in [6.07, 6.45) is 0.516. The van der Waals surface area contributed by atoms with Crippen LogP contribution in [0, 0.1) is 17.1 Å². The average Bonchev–Trinajstić information content (AvgIpc) is 2.14. The van der Waals surface area contributed by atoms with E-state index in [1.54, 1.807) is 6.07 Å². The van der Waals surface area contributed by atoms with Gasteiger partial charge in [0.15, 0.2) is 6.61 Å². The summed E-state index contributed by atoms with van der Waals surface area (Å²) in [5.74, 6) is -0.374. The lowest BCUT2D eigenvalue weighted by molar-refractivity contribution is 0.112. The molecule has 66 valence electrons. The van der Waals surface area contributed by atoms with Gasteiger partial charge in [-0.25, -0.2) is 4.39 Å². The van der Waals surface area contributed by atoms with Crippen LogP contribution >= 0.6 is 0 Å². The minimum atomic E-state index is -0.558. The number of aldehydes is 1. The third-order valence-corrected chi connectivity index (χ3v) is 1.33. The van der Waals surface area contributed by atoms with Gasteiger partial charge < -0.3 is 4.74 Å². The highest BCUT2D eigenvalue weighted by Gasteiger charge is 2.00. The molecule has 0 atom stereocenters. The van der Waals surface area contributed by atoms with Crippen LogP contribution in [0.1, 0.15) is 10.4 Å². The second kappa shape index (κ2) is 4.21. The second-order valence-corrected chi connectivity index (χ2v) is 2.28. The molecular formula is C9H6FNO2. The van der Waals surface area contributed by atoms with Crippen LogP contribution in [0.5, 0.6) is 5.75 Å². The largest absolute Gasteiger partial charge is 0.479 e. The third kappa shape index (κ3) is 2.56. The molecule has 0 bridgehead atoms. The number of hydrogen-bond acceptors (Lipinski definition) is 3. The topological polar surface area (TPSA) is 50.1 Å². The lowest BCUT2D eigenvalue weighted by Gasteiger charge is -2.01. The van der Waals surface area contributed by atoms with E-state index in [0.29, 0.717) is 6.29 Å². The van der Waals surface area contributed by atoms with E-state index in [1.807, 2.05) is 0 Å². The molecule has 1 rings (SSSR count). The molecule has 0 spiro atoms. The minimum Gasteiger partial charge on any atom is -0.479 e. The van der Waals surface area contributed by atoms with Crippen molar-refractivity contribution in [1.29, 1.82) is 5.26 Å². The van der Waals surface area contributed by atoms with E-state index < -0.39 is 5.82 Å². The zero-order valence-electron chi connectivity index (χ0n) is 6.66. The number of nitrogens with zero attached hydrogens (tertiary/aromatic N) is 1. The fourth-order valence-corrected chi connectivity index (χ4v) is 0.851. The van der Waals surface area contributed by atoms with Crippen molar-refractivity contribution in [2.24, 2.45) is 0 Å². The average molecular weight is 179 g/mol. The van der Waals surface area contributed by atoms with Crippen LogP contribution in [0.25, 0.3) is 0 Å². The Hall–Kier alpha value is -1.89. The molecule has 0 aliphatic carbocycles. The van der Waals surface area contributed by atoms with Crippen LogP contribution in [0.4, 0.5) is 4.39 Å². The monoisotopic (exact) mass is 179 g/mol. The maximum atomic E-state index is 12.7. The predicted molar refractivity (Wildman–Crippen MR) is 42.9 cm³/mol. The maximum Gasteiger partial charge on any atom is 0.174 e. The molecule has 0 fully saturated rings. The van der Waals surface area contributed by atoms with Crippen molar-refractivity contribution in [2.75, 3.05) is 6.61 Å². The highest BCUT2D eigenvalue weighted by molar-refractivity contribution is 5.75. The molecule has 0 heterocycles. The normalized spacial score (nSPS) is 8.92. The van der Waals surface area contributed by atoms with Crippen molar-refractivity contribution in [3.05, 3.63) is 29.6 Å². The molecular weight excluding hydrogens is 173 g/mol. The second-order valence-electron chi connectivity index (χ2n) is 2.28. The van der Waals surface area contributed by atoms with E-state index in [2.05, 4.69) is 0 Å². The number of benzene rings is 1. The van der Waals surface area contributed by atoms with E-state index in [-0.39, 0.29) is 17.9 Å². The van der Waals surface area contributed by atoms with Gasteiger partial charge in [0.2, 0.25) is 0 Å². The van der Waals surface area contributed by atoms with E-state index in [9.17, 15) is 9.18 Å². The van der Waals surface area contributed by atoms with Gasteiger partial charge in [-0.2, -0.15) is 5.26 Å². The molecule has 4 heteroatoms. The number of rotatable bonds is 3. The Balaban J connectivity index is 2.89. The highest BCUT2D eigenvalue weighted by Crippen LogP contribution is 2.14. The van der Waals surface area contributed by atoms with Gasteiger partial charge in [0.1, 0.15) is 23.9 Å². The van der Waals surface area contributed by atoms with Crippen LogP contribution in [0.2, 0.25) is 0 Å². The Kier molecular flexibility index (Phi) is 2.98. The Labute approximate surface area is 74.4 Å². The van der Waals surface area contributed by atoms with Crippen LogP contribution in [-0.4, -0.2) is 12.9 Å². The minimum absolute atomic E-state index is 0.165. The van der Waals surface area contributed by atoms with Gasteiger partial charge in [-0.1, -0.05) is 0 Å². The molecule has 0 saturated heterocycles. The molecule has 0 saturated carbocycles. The third-order valence-electron chi connectivity index (χ3n) is 1.33. The summed E-state index contributed by atoms with van der Waals surface area (Å²) in [5, 5.41) is 8.19. The Morgan fingerprint density at radius 2 is 2.31 bits per heavy atom. The summed E-state index contributed by atoms with van der Waals surface area (Å²) >= 11 is 0. The van der Waals surface area contributed by atoms with Crippen LogP contribution in [0.15, 0.2) is 18.2 Å². The van der Waals surface area contributed by atoms with E-state index >= 15 is 0 Å². The van der Waals surface area contributed by atoms with Crippen molar-refractivity contribution in [2.45, 2.75) is 0 Å². The molecule has 1 aromatic rings. The number of hydrogen-bond donors (Lipinski definition) is 0. The molecule has 0 aliphatic heterocycles.